The highest BCUT2D eigenvalue weighted by molar-refractivity contribution is 6.69. The summed E-state index contributed by atoms with van der Waals surface area (Å²) in [6.45, 7) is 12.1. The van der Waals surface area contributed by atoms with E-state index in [2.05, 4.69) is 81.7 Å². The molecule has 1 atom stereocenters. The summed E-state index contributed by atoms with van der Waals surface area (Å²) in [5.74, 6) is 2.30. The van der Waals surface area contributed by atoms with Gasteiger partial charge < -0.3 is 14.0 Å². The first-order valence-corrected chi connectivity index (χ1v) is 8.92. The molecule has 24 heavy (non-hydrogen) atoms. The zero-order valence-electron chi connectivity index (χ0n) is 15.6. The minimum absolute atomic E-state index is 0.162. The van der Waals surface area contributed by atoms with E-state index in [9.17, 15) is 0 Å². The standard InChI is InChI=1S/C20H27BN2O/c1-14-19(2,3)13-20(4,5)23(14)21-11-18-16(12-22(21)6)15-9-7-8-10-17(15)24-18/h7-12,14H,13H2,1-6H3/t14-/m0/s1. The second kappa shape index (κ2) is 4.92. The lowest BCUT2D eigenvalue weighted by molar-refractivity contribution is 0.226. The normalized spacial score (nSPS) is 25.5. The average molecular weight is 322 g/mol. The Hall–Kier alpha value is -1.68. The SMILES string of the molecule is C[C@@H]1N(B2C=c3oc4ccccc4c3=CN2C)C(C)(C)CC1(C)C. The molecule has 4 heteroatoms. The quantitative estimate of drug-likeness (QED) is 0.753. The Morgan fingerprint density at radius 3 is 2.54 bits per heavy atom. The van der Waals surface area contributed by atoms with Crippen LogP contribution in [-0.2, 0) is 0 Å². The molecule has 1 fully saturated rings. The van der Waals surface area contributed by atoms with Gasteiger partial charge in [-0.3, -0.25) is 0 Å². The largest absolute Gasteiger partial charge is 0.457 e. The third-order valence-corrected chi connectivity index (χ3v) is 6.13. The fourth-order valence-electron chi connectivity index (χ4n) is 4.99. The summed E-state index contributed by atoms with van der Waals surface area (Å²) in [6, 6.07) is 8.81. The van der Waals surface area contributed by atoms with Crippen LogP contribution in [0.25, 0.3) is 23.1 Å². The molecule has 4 rings (SSSR count). The van der Waals surface area contributed by atoms with Gasteiger partial charge in [-0.05, 0) is 57.9 Å². The first-order valence-electron chi connectivity index (χ1n) is 8.92. The molecule has 0 radical (unpaired) electrons. The van der Waals surface area contributed by atoms with E-state index in [1.165, 1.54) is 17.0 Å². The van der Waals surface area contributed by atoms with Crippen LogP contribution in [0.5, 0.6) is 0 Å². The molecule has 2 aliphatic rings. The molecule has 1 aromatic carbocycles. The van der Waals surface area contributed by atoms with Gasteiger partial charge in [0.05, 0.1) is 0 Å². The summed E-state index contributed by atoms with van der Waals surface area (Å²) in [4.78, 5) is 4.99. The Morgan fingerprint density at radius 1 is 1.17 bits per heavy atom. The van der Waals surface area contributed by atoms with Crippen molar-refractivity contribution in [3.8, 4) is 0 Å². The highest BCUT2D eigenvalue weighted by Gasteiger charge is 2.52. The molecule has 2 aromatic rings. The average Bonchev–Trinajstić information content (AvgIpc) is 2.91. The molecule has 0 bridgehead atoms. The fraction of sp³-hybridized carbons (Fsp3) is 0.500. The van der Waals surface area contributed by atoms with Crippen molar-refractivity contribution in [1.82, 2.24) is 9.62 Å². The van der Waals surface area contributed by atoms with E-state index in [1.807, 2.05) is 6.07 Å². The van der Waals surface area contributed by atoms with E-state index in [4.69, 9.17) is 4.42 Å². The lowest BCUT2D eigenvalue weighted by atomic mass is 9.67. The Kier molecular flexibility index (Phi) is 3.24. The summed E-state index contributed by atoms with van der Waals surface area (Å²) in [5.41, 5.74) is 2.45. The van der Waals surface area contributed by atoms with E-state index in [0.717, 1.165) is 11.0 Å². The predicted octanol–water partition coefficient (Wildman–Crippen LogP) is 2.82. The van der Waals surface area contributed by atoms with Crippen molar-refractivity contribution in [3.63, 3.8) is 0 Å². The molecule has 0 saturated carbocycles. The van der Waals surface area contributed by atoms with Crippen LogP contribution < -0.4 is 10.6 Å². The molecule has 0 N–H and O–H groups in total. The lowest BCUT2D eigenvalue weighted by Gasteiger charge is -2.42. The fourth-order valence-corrected chi connectivity index (χ4v) is 4.99. The molecule has 3 nitrogen and oxygen atoms in total. The molecule has 2 aliphatic heterocycles. The van der Waals surface area contributed by atoms with Crippen molar-refractivity contribution in [1.29, 1.82) is 0 Å². The highest BCUT2D eigenvalue weighted by Crippen LogP contribution is 2.46. The van der Waals surface area contributed by atoms with Crippen LogP contribution in [0.3, 0.4) is 0 Å². The van der Waals surface area contributed by atoms with Gasteiger partial charge in [-0.1, -0.05) is 32.0 Å². The summed E-state index contributed by atoms with van der Waals surface area (Å²) >= 11 is 0. The highest BCUT2D eigenvalue weighted by atomic mass is 16.3. The molecule has 3 heterocycles. The number of benzene rings is 1. The Bertz CT molecular complexity index is 911. The van der Waals surface area contributed by atoms with Crippen molar-refractivity contribution in [2.45, 2.75) is 52.6 Å². The van der Waals surface area contributed by atoms with Gasteiger partial charge in [-0.25, -0.2) is 0 Å². The monoisotopic (exact) mass is 322 g/mol. The van der Waals surface area contributed by atoms with E-state index < -0.39 is 0 Å². The van der Waals surface area contributed by atoms with E-state index in [-0.39, 0.29) is 12.5 Å². The van der Waals surface area contributed by atoms with E-state index >= 15 is 0 Å². The topological polar surface area (TPSA) is 19.6 Å². The summed E-state index contributed by atoms with van der Waals surface area (Å²) < 4.78 is 6.14. The number of furan rings is 1. The minimum Gasteiger partial charge on any atom is -0.457 e. The molecule has 0 unspecified atom stereocenters. The number of hydrogen-bond acceptors (Lipinski definition) is 3. The molecule has 1 aromatic heterocycles. The van der Waals surface area contributed by atoms with Crippen LogP contribution in [0.1, 0.15) is 41.0 Å². The minimum atomic E-state index is 0.162. The third-order valence-electron chi connectivity index (χ3n) is 6.13. The predicted molar refractivity (Wildman–Crippen MR) is 102 cm³/mol. The number of para-hydroxylation sites is 1. The number of rotatable bonds is 1. The molecular weight excluding hydrogens is 295 g/mol. The number of hydrogen-bond donors (Lipinski definition) is 0. The Morgan fingerprint density at radius 2 is 1.88 bits per heavy atom. The maximum absolute atomic E-state index is 6.14. The maximum Gasteiger partial charge on any atom is 0.374 e. The van der Waals surface area contributed by atoms with Gasteiger partial charge in [0.15, 0.2) is 0 Å². The second-order valence-electron chi connectivity index (χ2n) is 8.81. The smallest absolute Gasteiger partial charge is 0.374 e. The lowest BCUT2D eigenvalue weighted by Crippen LogP contribution is -2.59. The number of nitrogens with zero attached hydrogens (tertiary/aromatic N) is 2. The van der Waals surface area contributed by atoms with Gasteiger partial charge >= 0.3 is 6.98 Å². The van der Waals surface area contributed by atoms with Crippen LogP contribution >= 0.6 is 0 Å². The third kappa shape index (κ3) is 2.16. The van der Waals surface area contributed by atoms with Crippen molar-refractivity contribution in [2.24, 2.45) is 5.41 Å². The van der Waals surface area contributed by atoms with Crippen LogP contribution in [0.2, 0.25) is 0 Å². The molecule has 0 spiro atoms. The van der Waals surface area contributed by atoms with Crippen LogP contribution in [0, 0.1) is 5.41 Å². The van der Waals surface area contributed by atoms with Gasteiger partial charge in [-0.15, -0.1) is 0 Å². The van der Waals surface area contributed by atoms with Gasteiger partial charge in [0.25, 0.3) is 0 Å². The summed E-state index contributed by atoms with van der Waals surface area (Å²) in [6.07, 6.45) is 3.45. The molecular formula is C20H27BN2O. The van der Waals surface area contributed by atoms with Crippen molar-refractivity contribution in [3.05, 3.63) is 34.9 Å². The van der Waals surface area contributed by atoms with Crippen molar-refractivity contribution < 1.29 is 4.42 Å². The first-order chi connectivity index (χ1) is 11.2. The van der Waals surface area contributed by atoms with Gasteiger partial charge in [0.1, 0.15) is 11.0 Å². The van der Waals surface area contributed by atoms with Crippen LogP contribution in [0.15, 0.2) is 28.7 Å². The molecule has 1 saturated heterocycles. The van der Waals surface area contributed by atoms with E-state index in [0.29, 0.717) is 11.5 Å². The van der Waals surface area contributed by atoms with Gasteiger partial charge in [-0.2, -0.15) is 0 Å². The van der Waals surface area contributed by atoms with Gasteiger partial charge in [0, 0.05) is 22.2 Å². The van der Waals surface area contributed by atoms with Crippen molar-refractivity contribution >= 4 is 30.1 Å². The second-order valence-corrected chi connectivity index (χ2v) is 8.81. The molecule has 0 aliphatic carbocycles. The molecule has 0 amide bonds. The molecule has 126 valence electrons. The Balaban J connectivity index is 1.86. The first kappa shape index (κ1) is 15.8. The van der Waals surface area contributed by atoms with Gasteiger partial charge in [0.2, 0.25) is 0 Å². The maximum atomic E-state index is 6.14. The van der Waals surface area contributed by atoms with E-state index in [1.54, 1.807) is 0 Å². The Labute approximate surface area is 144 Å². The van der Waals surface area contributed by atoms with Crippen LogP contribution in [-0.4, -0.2) is 35.2 Å². The summed E-state index contributed by atoms with van der Waals surface area (Å²) in [5, 5.41) is 2.40. The summed E-state index contributed by atoms with van der Waals surface area (Å²) in [7, 11) is 2.18. The zero-order chi connectivity index (χ0) is 17.3. The van der Waals surface area contributed by atoms with Crippen molar-refractivity contribution in [2.75, 3.05) is 7.05 Å². The zero-order valence-corrected chi connectivity index (χ0v) is 15.6. The van der Waals surface area contributed by atoms with Crippen LogP contribution in [0.4, 0.5) is 0 Å². The number of fused-ring (bicyclic) bond motifs is 3.